The fourth-order valence-corrected chi connectivity index (χ4v) is 3.48. The number of aromatic nitrogens is 1. The van der Waals surface area contributed by atoms with E-state index in [1.165, 1.54) is 0 Å². The van der Waals surface area contributed by atoms with E-state index in [0.717, 1.165) is 16.7 Å². The Hall–Kier alpha value is -1.98. The lowest BCUT2D eigenvalue weighted by molar-refractivity contribution is -0.0627. The van der Waals surface area contributed by atoms with Gasteiger partial charge >= 0.3 is 0 Å². The molecule has 1 fully saturated rings. The van der Waals surface area contributed by atoms with Crippen LogP contribution in [0, 0.1) is 0 Å². The summed E-state index contributed by atoms with van der Waals surface area (Å²) in [6.45, 7) is 8.85. The van der Waals surface area contributed by atoms with Gasteiger partial charge in [-0.1, -0.05) is 58.0 Å². The first-order chi connectivity index (χ1) is 11.9. The van der Waals surface area contributed by atoms with Crippen LogP contribution in [0.1, 0.15) is 62.5 Å². The molecule has 5 heteroatoms. The maximum absolute atomic E-state index is 10.7. The first-order valence-corrected chi connectivity index (χ1v) is 8.86. The minimum absolute atomic E-state index is 0.127. The van der Waals surface area contributed by atoms with Gasteiger partial charge in [0.05, 0.1) is 13.2 Å². The van der Waals surface area contributed by atoms with Gasteiger partial charge < -0.3 is 19.7 Å². The summed E-state index contributed by atoms with van der Waals surface area (Å²) < 4.78 is 13.3. The molecule has 0 bridgehead atoms. The maximum Gasteiger partial charge on any atom is 0.197 e. The fraction of sp³-hybridized carbons (Fsp3) is 0.500. The van der Waals surface area contributed by atoms with Crippen molar-refractivity contribution in [3.05, 3.63) is 47.0 Å². The molecule has 1 aliphatic heterocycles. The molecule has 5 nitrogen and oxygen atoms in total. The number of aromatic hydroxyl groups is 2. The van der Waals surface area contributed by atoms with Crippen LogP contribution >= 0.6 is 0 Å². The Morgan fingerprint density at radius 2 is 1.56 bits per heavy atom. The topological polar surface area (TPSA) is 63.9 Å². The summed E-state index contributed by atoms with van der Waals surface area (Å²) in [5.41, 5.74) is 2.59. The van der Waals surface area contributed by atoms with Gasteiger partial charge in [-0.05, 0) is 11.8 Å². The van der Waals surface area contributed by atoms with Crippen LogP contribution in [0.15, 0.2) is 30.3 Å². The zero-order valence-electron chi connectivity index (χ0n) is 15.3. The van der Waals surface area contributed by atoms with Crippen LogP contribution in [0.2, 0.25) is 0 Å². The van der Waals surface area contributed by atoms with Gasteiger partial charge in [-0.15, -0.1) is 0 Å². The van der Waals surface area contributed by atoms with Gasteiger partial charge in [0.2, 0.25) is 0 Å². The van der Waals surface area contributed by atoms with Gasteiger partial charge in [-0.2, -0.15) is 0 Å². The lowest BCUT2D eigenvalue weighted by Crippen LogP contribution is -2.18. The first-order valence-electron chi connectivity index (χ1n) is 8.86. The third-order valence-electron chi connectivity index (χ3n) is 4.65. The van der Waals surface area contributed by atoms with E-state index in [-0.39, 0.29) is 29.7 Å². The number of hydrogen-bond donors (Lipinski definition) is 2. The molecule has 2 aromatic rings. The van der Waals surface area contributed by atoms with Crippen LogP contribution in [0.3, 0.4) is 0 Å². The van der Waals surface area contributed by atoms with Gasteiger partial charge in [-0.25, -0.2) is 0 Å². The van der Waals surface area contributed by atoms with Crippen LogP contribution in [0.25, 0.3) is 0 Å². The Morgan fingerprint density at radius 1 is 1.00 bits per heavy atom. The highest BCUT2D eigenvalue weighted by molar-refractivity contribution is 5.49. The zero-order chi connectivity index (χ0) is 18.1. The Morgan fingerprint density at radius 3 is 2.08 bits per heavy atom. The average molecular weight is 345 g/mol. The van der Waals surface area contributed by atoms with E-state index in [1.807, 2.05) is 58.0 Å². The van der Waals surface area contributed by atoms with Gasteiger partial charge in [0.15, 0.2) is 18.1 Å². The van der Waals surface area contributed by atoms with E-state index < -0.39 is 6.29 Å². The molecule has 0 saturated carbocycles. The second kappa shape index (κ2) is 7.10. The summed E-state index contributed by atoms with van der Waals surface area (Å²) >= 11 is 0. The molecule has 2 heterocycles. The highest BCUT2D eigenvalue weighted by atomic mass is 16.7. The molecule has 2 N–H and O–H groups in total. The highest BCUT2D eigenvalue weighted by Gasteiger charge is 2.31. The quantitative estimate of drug-likeness (QED) is 0.850. The molecule has 0 spiro atoms. The van der Waals surface area contributed by atoms with Crippen molar-refractivity contribution >= 4 is 0 Å². The number of ether oxygens (including phenoxy) is 2. The van der Waals surface area contributed by atoms with Crippen molar-refractivity contribution in [3.63, 3.8) is 0 Å². The molecule has 25 heavy (non-hydrogen) atoms. The third kappa shape index (κ3) is 3.39. The van der Waals surface area contributed by atoms with Gasteiger partial charge in [0.1, 0.15) is 6.10 Å². The second-order valence-corrected chi connectivity index (χ2v) is 7.23. The van der Waals surface area contributed by atoms with Crippen molar-refractivity contribution in [2.45, 2.75) is 58.5 Å². The molecule has 0 amide bonds. The maximum atomic E-state index is 10.7. The van der Waals surface area contributed by atoms with E-state index in [2.05, 4.69) is 0 Å². The Bertz CT molecular complexity index is 690. The van der Waals surface area contributed by atoms with Crippen molar-refractivity contribution in [3.8, 4) is 11.8 Å². The number of nitrogens with zero attached hydrogens (tertiary/aromatic N) is 1. The highest BCUT2D eigenvalue weighted by Crippen LogP contribution is 2.43. The SMILES string of the molecule is CC(C)c1c(C(C)C)c(O)n(CC2COC(c3ccccc3)O2)c1O. The summed E-state index contributed by atoms with van der Waals surface area (Å²) in [6.07, 6.45) is -0.630. The monoisotopic (exact) mass is 345 g/mol. The van der Waals surface area contributed by atoms with E-state index in [9.17, 15) is 10.2 Å². The Labute approximate surface area is 148 Å². The summed E-state index contributed by atoms with van der Waals surface area (Å²) in [7, 11) is 0. The lowest BCUT2D eigenvalue weighted by Gasteiger charge is -2.14. The first kappa shape index (κ1) is 17.8. The molecule has 2 atom stereocenters. The minimum atomic E-state index is -0.403. The minimum Gasteiger partial charge on any atom is -0.494 e. The standard InChI is InChI=1S/C20H27NO4/c1-12(2)16-17(13(3)4)19(23)21(18(16)22)10-15-11-24-20(25-15)14-8-6-5-7-9-14/h5-9,12-13,15,20,22-23H,10-11H2,1-4H3. The number of rotatable bonds is 5. The van der Waals surface area contributed by atoms with Crippen LogP contribution in [-0.4, -0.2) is 27.5 Å². The smallest absolute Gasteiger partial charge is 0.197 e. The predicted octanol–water partition coefficient (Wildman–Crippen LogP) is 4.26. The Kier molecular flexibility index (Phi) is 5.06. The predicted molar refractivity (Wildman–Crippen MR) is 95.9 cm³/mol. The van der Waals surface area contributed by atoms with Crippen molar-refractivity contribution in [2.75, 3.05) is 6.61 Å². The summed E-state index contributed by atoms with van der Waals surface area (Å²) in [4.78, 5) is 0. The largest absolute Gasteiger partial charge is 0.494 e. The Balaban J connectivity index is 1.81. The van der Waals surface area contributed by atoms with Gasteiger partial charge in [0.25, 0.3) is 0 Å². The molecule has 1 aromatic heterocycles. The van der Waals surface area contributed by atoms with Crippen molar-refractivity contribution < 1.29 is 19.7 Å². The molecule has 136 valence electrons. The average Bonchev–Trinajstić information content (AvgIpc) is 3.14. The molecule has 1 saturated heterocycles. The van der Waals surface area contributed by atoms with Crippen LogP contribution in [0.5, 0.6) is 11.8 Å². The van der Waals surface area contributed by atoms with Crippen LogP contribution in [-0.2, 0) is 16.0 Å². The van der Waals surface area contributed by atoms with Crippen molar-refractivity contribution in [2.24, 2.45) is 0 Å². The molecule has 1 aliphatic rings. The van der Waals surface area contributed by atoms with E-state index in [4.69, 9.17) is 9.47 Å². The van der Waals surface area contributed by atoms with Crippen LogP contribution < -0.4 is 0 Å². The fourth-order valence-electron chi connectivity index (χ4n) is 3.48. The van der Waals surface area contributed by atoms with Gasteiger partial charge in [0, 0.05) is 16.7 Å². The van der Waals surface area contributed by atoms with E-state index in [1.54, 1.807) is 4.57 Å². The summed E-state index contributed by atoms with van der Waals surface area (Å²) in [5.74, 6) is 0.510. The van der Waals surface area contributed by atoms with E-state index >= 15 is 0 Å². The summed E-state index contributed by atoms with van der Waals surface area (Å²) in [6, 6.07) is 9.77. The third-order valence-corrected chi connectivity index (χ3v) is 4.65. The lowest BCUT2D eigenvalue weighted by atomic mass is 9.94. The molecule has 3 rings (SSSR count). The normalized spacial score (nSPS) is 20.7. The van der Waals surface area contributed by atoms with Gasteiger partial charge in [-0.3, -0.25) is 4.57 Å². The van der Waals surface area contributed by atoms with Crippen LogP contribution in [0.4, 0.5) is 0 Å². The molecular weight excluding hydrogens is 318 g/mol. The second-order valence-electron chi connectivity index (χ2n) is 7.23. The summed E-state index contributed by atoms with van der Waals surface area (Å²) in [5, 5.41) is 21.3. The zero-order valence-corrected chi connectivity index (χ0v) is 15.3. The number of benzene rings is 1. The van der Waals surface area contributed by atoms with Crippen molar-refractivity contribution in [1.82, 2.24) is 4.57 Å². The van der Waals surface area contributed by atoms with Crippen molar-refractivity contribution in [1.29, 1.82) is 0 Å². The molecule has 2 unspecified atom stereocenters. The number of hydrogen-bond acceptors (Lipinski definition) is 4. The molecule has 0 radical (unpaired) electrons. The molecular formula is C20H27NO4. The molecule has 1 aromatic carbocycles. The molecule has 0 aliphatic carbocycles. The van der Waals surface area contributed by atoms with E-state index in [0.29, 0.717) is 13.2 Å².